The van der Waals surface area contributed by atoms with E-state index in [2.05, 4.69) is 36.7 Å². The molecule has 2 rings (SSSR count). The molecule has 0 aromatic heterocycles. The first-order chi connectivity index (χ1) is 11.6. The van der Waals surface area contributed by atoms with Gasteiger partial charge in [0.2, 0.25) is 5.91 Å². The van der Waals surface area contributed by atoms with E-state index in [1.807, 2.05) is 25.1 Å². The number of aryl methyl sites for hydroxylation is 1. The second kappa shape index (κ2) is 7.38. The third kappa shape index (κ3) is 5.64. The Morgan fingerprint density at radius 1 is 0.920 bits per heavy atom. The van der Waals surface area contributed by atoms with Crippen LogP contribution in [0.3, 0.4) is 0 Å². The van der Waals surface area contributed by atoms with E-state index in [0.29, 0.717) is 11.3 Å². The third-order valence-electron chi connectivity index (χ3n) is 3.44. The van der Waals surface area contributed by atoms with Gasteiger partial charge in [-0.25, -0.2) is 0 Å². The summed E-state index contributed by atoms with van der Waals surface area (Å²) in [5.41, 5.74) is 3.88. The second-order valence-corrected chi connectivity index (χ2v) is 7.12. The summed E-state index contributed by atoms with van der Waals surface area (Å²) < 4.78 is 0. The first-order valence-electron chi connectivity index (χ1n) is 8.22. The van der Waals surface area contributed by atoms with Crippen molar-refractivity contribution >= 4 is 28.9 Å². The van der Waals surface area contributed by atoms with Gasteiger partial charge in [-0.2, -0.15) is 0 Å². The standard InChI is InChI=1S/C20H25N3O2/c1-13-11-17(9-10-18(13)23-20(3,4)5)22-19(25)15-7-6-8-16(12-15)21-14(2)24/h6-12,23H,1-5H3,(H,21,24)(H,22,25). The maximum Gasteiger partial charge on any atom is 0.255 e. The molecule has 5 heteroatoms. The molecule has 0 saturated heterocycles. The van der Waals surface area contributed by atoms with Crippen molar-refractivity contribution in [3.8, 4) is 0 Å². The predicted molar refractivity (Wildman–Crippen MR) is 103 cm³/mol. The summed E-state index contributed by atoms with van der Waals surface area (Å²) in [6, 6.07) is 12.6. The lowest BCUT2D eigenvalue weighted by atomic mass is 10.1. The van der Waals surface area contributed by atoms with Crippen LogP contribution in [-0.2, 0) is 4.79 Å². The zero-order valence-electron chi connectivity index (χ0n) is 15.4. The van der Waals surface area contributed by atoms with E-state index >= 15 is 0 Å². The number of benzene rings is 2. The Morgan fingerprint density at radius 3 is 2.20 bits per heavy atom. The van der Waals surface area contributed by atoms with Gasteiger partial charge in [-0.15, -0.1) is 0 Å². The Hall–Kier alpha value is -2.82. The predicted octanol–water partition coefficient (Wildman–Crippen LogP) is 4.42. The Morgan fingerprint density at radius 2 is 1.60 bits per heavy atom. The third-order valence-corrected chi connectivity index (χ3v) is 3.44. The molecule has 0 saturated carbocycles. The van der Waals surface area contributed by atoms with Crippen LogP contribution in [0.5, 0.6) is 0 Å². The topological polar surface area (TPSA) is 70.2 Å². The normalized spacial score (nSPS) is 10.9. The molecule has 0 aliphatic rings. The van der Waals surface area contributed by atoms with Crippen molar-refractivity contribution < 1.29 is 9.59 Å². The van der Waals surface area contributed by atoms with Gasteiger partial charge in [0.25, 0.3) is 5.91 Å². The van der Waals surface area contributed by atoms with Crippen molar-refractivity contribution in [1.29, 1.82) is 0 Å². The largest absolute Gasteiger partial charge is 0.380 e. The highest BCUT2D eigenvalue weighted by Gasteiger charge is 2.12. The lowest BCUT2D eigenvalue weighted by Crippen LogP contribution is -2.26. The Kier molecular flexibility index (Phi) is 5.47. The molecule has 0 bridgehead atoms. The number of carbonyl (C=O) groups excluding carboxylic acids is 2. The molecule has 5 nitrogen and oxygen atoms in total. The summed E-state index contributed by atoms with van der Waals surface area (Å²) in [7, 11) is 0. The lowest BCUT2D eigenvalue weighted by molar-refractivity contribution is -0.114. The minimum absolute atomic E-state index is 0.0281. The second-order valence-electron chi connectivity index (χ2n) is 7.12. The van der Waals surface area contributed by atoms with Crippen molar-refractivity contribution in [2.45, 2.75) is 40.2 Å². The van der Waals surface area contributed by atoms with Crippen LogP contribution in [0, 0.1) is 6.92 Å². The maximum absolute atomic E-state index is 12.4. The van der Waals surface area contributed by atoms with Gasteiger partial charge in [0.05, 0.1) is 0 Å². The summed E-state index contributed by atoms with van der Waals surface area (Å²) in [5, 5.41) is 9.00. The molecule has 3 N–H and O–H groups in total. The van der Waals surface area contributed by atoms with Gasteiger partial charge in [0.1, 0.15) is 0 Å². The molecule has 0 fully saturated rings. The van der Waals surface area contributed by atoms with Crippen LogP contribution in [0.25, 0.3) is 0 Å². The smallest absolute Gasteiger partial charge is 0.255 e. The lowest BCUT2D eigenvalue weighted by Gasteiger charge is -2.23. The first-order valence-corrected chi connectivity index (χ1v) is 8.22. The van der Waals surface area contributed by atoms with Gasteiger partial charge < -0.3 is 16.0 Å². The highest BCUT2D eigenvalue weighted by atomic mass is 16.2. The monoisotopic (exact) mass is 339 g/mol. The number of hydrogen-bond acceptors (Lipinski definition) is 3. The van der Waals surface area contributed by atoms with Crippen molar-refractivity contribution in [3.05, 3.63) is 53.6 Å². The van der Waals surface area contributed by atoms with Gasteiger partial charge in [-0.1, -0.05) is 6.07 Å². The molecule has 132 valence electrons. The highest BCUT2D eigenvalue weighted by Crippen LogP contribution is 2.23. The molecule has 0 atom stereocenters. The number of anilines is 3. The number of carbonyl (C=O) groups is 2. The van der Waals surface area contributed by atoms with Crippen molar-refractivity contribution in [3.63, 3.8) is 0 Å². The molecule has 0 unspecified atom stereocenters. The van der Waals surface area contributed by atoms with Gasteiger partial charge in [-0.05, 0) is 69.7 Å². The van der Waals surface area contributed by atoms with Crippen molar-refractivity contribution in [2.75, 3.05) is 16.0 Å². The van der Waals surface area contributed by atoms with Crippen LogP contribution in [0.1, 0.15) is 43.6 Å². The molecule has 2 aromatic carbocycles. The summed E-state index contributed by atoms with van der Waals surface area (Å²) in [6.45, 7) is 9.74. The first kappa shape index (κ1) is 18.5. The fraction of sp³-hybridized carbons (Fsp3) is 0.300. The van der Waals surface area contributed by atoms with Gasteiger partial charge in [0, 0.05) is 35.1 Å². The summed E-state index contributed by atoms with van der Waals surface area (Å²) in [4.78, 5) is 23.6. The highest BCUT2D eigenvalue weighted by molar-refractivity contribution is 6.05. The molecule has 2 amide bonds. The van der Waals surface area contributed by atoms with E-state index in [1.54, 1.807) is 24.3 Å². The van der Waals surface area contributed by atoms with Crippen molar-refractivity contribution in [1.82, 2.24) is 0 Å². The van der Waals surface area contributed by atoms with Crippen LogP contribution < -0.4 is 16.0 Å². The van der Waals surface area contributed by atoms with E-state index in [0.717, 1.165) is 16.9 Å². The summed E-state index contributed by atoms with van der Waals surface area (Å²) >= 11 is 0. The fourth-order valence-electron chi connectivity index (χ4n) is 2.43. The van der Waals surface area contributed by atoms with Gasteiger partial charge in [0.15, 0.2) is 0 Å². The quantitative estimate of drug-likeness (QED) is 0.772. The van der Waals surface area contributed by atoms with E-state index in [1.165, 1.54) is 6.92 Å². The molecular formula is C20H25N3O2. The van der Waals surface area contributed by atoms with Crippen LogP contribution in [-0.4, -0.2) is 17.4 Å². The van der Waals surface area contributed by atoms with Gasteiger partial charge in [-0.3, -0.25) is 9.59 Å². The minimum atomic E-state index is -0.219. The SMILES string of the molecule is CC(=O)Nc1cccc(C(=O)Nc2ccc(NC(C)(C)C)c(C)c2)c1. The molecule has 0 aliphatic carbocycles. The molecule has 0 spiro atoms. The average molecular weight is 339 g/mol. The zero-order valence-corrected chi connectivity index (χ0v) is 15.4. The molecule has 2 aromatic rings. The molecule has 25 heavy (non-hydrogen) atoms. The Labute approximate surface area is 148 Å². The molecular weight excluding hydrogens is 314 g/mol. The van der Waals surface area contributed by atoms with E-state index in [4.69, 9.17) is 0 Å². The van der Waals surface area contributed by atoms with Crippen LogP contribution in [0.4, 0.5) is 17.1 Å². The summed E-state index contributed by atoms with van der Waals surface area (Å²) in [6.07, 6.45) is 0. The van der Waals surface area contributed by atoms with E-state index in [9.17, 15) is 9.59 Å². The Bertz CT molecular complexity index is 792. The molecule has 0 aliphatic heterocycles. The minimum Gasteiger partial charge on any atom is -0.380 e. The zero-order chi connectivity index (χ0) is 18.6. The summed E-state index contributed by atoms with van der Waals surface area (Å²) in [5.74, 6) is -0.391. The number of nitrogens with one attached hydrogen (secondary N) is 3. The van der Waals surface area contributed by atoms with Gasteiger partial charge >= 0.3 is 0 Å². The van der Waals surface area contributed by atoms with E-state index < -0.39 is 0 Å². The van der Waals surface area contributed by atoms with E-state index in [-0.39, 0.29) is 17.4 Å². The molecule has 0 radical (unpaired) electrons. The number of hydrogen-bond donors (Lipinski definition) is 3. The number of rotatable bonds is 4. The van der Waals surface area contributed by atoms with Crippen LogP contribution >= 0.6 is 0 Å². The van der Waals surface area contributed by atoms with Crippen molar-refractivity contribution in [2.24, 2.45) is 0 Å². The fourth-order valence-corrected chi connectivity index (χ4v) is 2.43. The Balaban J connectivity index is 2.13. The number of amides is 2. The maximum atomic E-state index is 12.4. The molecule has 0 heterocycles. The average Bonchev–Trinajstić information content (AvgIpc) is 2.48. The van der Waals surface area contributed by atoms with Crippen LogP contribution in [0.2, 0.25) is 0 Å². The van der Waals surface area contributed by atoms with Crippen LogP contribution in [0.15, 0.2) is 42.5 Å².